The van der Waals surface area contributed by atoms with E-state index in [1.54, 1.807) is 0 Å². The molecule has 3 rings (SSSR count). The lowest BCUT2D eigenvalue weighted by Crippen LogP contribution is -3.00. The van der Waals surface area contributed by atoms with Gasteiger partial charge in [0.25, 0.3) is 0 Å². The molecule has 0 amide bonds. The van der Waals surface area contributed by atoms with E-state index >= 15 is 0 Å². The smallest absolute Gasteiger partial charge is 0.173 e. The fraction of sp³-hybridized carbons (Fsp3) is 0.0667. The number of H-pyrrole nitrogens is 1. The third-order valence-corrected chi connectivity index (χ3v) is 3.68. The topological polar surface area (TPSA) is 45.8 Å². The van der Waals surface area contributed by atoms with Gasteiger partial charge in [-0.2, -0.15) is 0 Å². The number of fused-ring (bicyclic) bond motifs is 1. The maximum atomic E-state index is 12.0. The number of Topliss-reactive ketones (excluding diaryl/α,β-unsaturated/α-hetero) is 1. The number of aromatic amines is 1. The lowest BCUT2D eigenvalue weighted by molar-refractivity contribution is -0.0000116. The van der Waals surface area contributed by atoms with Crippen LogP contribution in [-0.2, 0) is 0 Å². The Hall–Kier alpha value is -1.59. The number of carbonyl (C=O) groups excluding carboxylic acids is 1. The van der Waals surface area contributed by atoms with Gasteiger partial charge in [-0.1, -0.05) is 54.2 Å². The summed E-state index contributed by atoms with van der Waals surface area (Å²) >= 11 is 1.43. The first-order chi connectivity index (χ1) is 9.33. The standard InChI is InChI=1S/C15H12N2OS.BrH/c18-14(11-6-2-1-3-7-11)10-19-15-16-12-8-4-5-9-13(12)17-15;/h1-9H,10H2,(H,16,17);1H/p-1. The van der Waals surface area contributed by atoms with Crippen molar-refractivity contribution in [1.29, 1.82) is 0 Å². The predicted octanol–water partition coefficient (Wildman–Crippen LogP) is 0.542. The van der Waals surface area contributed by atoms with Crippen LogP contribution in [0.15, 0.2) is 59.8 Å². The van der Waals surface area contributed by atoms with Gasteiger partial charge in [0.1, 0.15) is 0 Å². The van der Waals surface area contributed by atoms with Gasteiger partial charge in [-0.3, -0.25) is 4.79 Å². The molecule has 0 saturated heterocycles. The summed E-state index contributed by atoms with van der Waals surface area (Å²) in [7, 11) is 0. The van der Waals surface area contributed by atoms with Gasteiger partial charge in [-0.25, -0.2) is 4.98 Å². The Bertz CT molecular complexity index is 679. The van der Waals surface area contributed by atoms with Crippen LogP contribution in [0.1, 0.15) is 10.4 Å². The molecule has 0 aliphatic rings. The Morgan fingerprint density at radius 3 is 2.50 bits per heavy atom. The summed E-state index contributed by atoms with van der Waals surface area (Å²) in [6.45, 7) is 0. The molecule has 2 aromatic carbocycles. The van der Waals surface area contributed by atoms with Crippen molar-refractivity contribution in [3.63, 3.8) is 0 Å². The van der Waals surface area contributed by atoms with E-state index in [4.69, 9.17) is 0 Å². The number of thioether (sulfide) groups is 1. The van der Waals surface area contributed by atoms with Gasteiger partial charge in [0.15, 0.2) is 10.9 Å². The molecule has 3 nitrogen and oxygen atoms in total. The lowest BCUT2D eigenvalue weighted by atomic mass is 10.2. The molecule has 20 heavy (non-hydrogen) atoms. The molecule has 0 saturated carbocycles. The van der Waals surface area contributed by atoms with E-state index in [-0.39, 0.29) is 22.8 Å². The van der Waals surface area contributed by atoms with Gasteiger partial charge in [0.2, 0.25) is 0 Å². The summed E-state index contributed by atoms with van der Waals surface area (Å²) in [6.07, 6.45) is 0. The van der Waals surface area contributed by atoms with Crippen molar-refractivity contribution in [2.75, 3.05) is 5.75 Å². The molecule has 1 aromatic heterocycles. The minimum atomic E-state index is 0. The molecule has 0 radical (unpaired) electrons. The zero-order valence-corrected chi connectivity index (χ0v) is 12.9. The van der Waals surface area contributed by atoms with Crippen LogP contribution in [0.5, 0.6) is 0 Å². The van der Waals surface area contributed by atoms with Crippen molar-refractivity contribution in [2.45, 2.75) is 5.16 Å². The number of benzene rings is 2. The SMILES string of the molecule is O=C(CSc1nc2ccccc2[nH]1)c1ccccc1.[Br-]. The monoisotopic (exact) mass is 347 g/mol. The highest BCUT2D eigenvalue weighted by molar-refractivity contribution is 7.99. The molecule has 1 heterocycles. The van der Waals surface area contributed by atoms with E-state index in [1.807, 2.05) is 54.6 Å². The van der Waals surface area contributed by atoms with Crippen LogP contribution in [0.25, 0.3) is 11.0 Å². The minimum Gasteiger partial charge on any atom is -1.00 e. The summed E-state index contributed by atoms with van der Waals surface area (Å²) in [5.74, 6) is 0.509. The third kappa shape index (κ3) is 3.29. The third-order valence-electron chi connectivity index (χ3n) is 2.80. The Morgan fingerprint density at radius 2 is 1.75 bits per heavy atom. The van der Waals surface area contributed by atoms with Gasteiger partial charge in [-0.05, 0) is 12.1 Å². The Kier molecular flexibility index (Phi) is 4.98. The van der Waals surface area contributed by atoms with Crippen LogP contribution in [0, 0.1) is 0 Å². The number of para-hydroxylation sites is 2. The van der Waals surface area contributed by atoms with E-state index in [9.17, 15) is 4.79 Å². The number of rotatable bonds is 4. The number of hydrogen-bond acceptors (Lipinski definition) is 3. The average Bonchev–Trinajstić information content (AvgIpc) is 2.88. The number of aromatic nitrogens is 2. The van der Waals surface area contributed by atoms with Crippen molar-refractivity contribution < 1.29 is 21.8 Å². The van der Waals surface area contributed by atoms with E-state index in [1.165, 1.54) is 11.8 Å². The minimum absolute atomic E-state index is 0. The Labute approximate surface area is 131 Å². The fourth-order valence-corrected chi connectivity index (χ4v) is 2.62. The number of nitrogens with zero attached hydrogens (tertiary/aromatic N) is 1. The lowest BCUT2D eigenvalue weighted by Gasteiger charge is -1.98. The van der Waals surface area contributed by atoms with Crippen molar-refractivity contribution in [2.24, 2.45) is 0 Å². The number of hydrogen-bond donors (Lipinski definition) is 1. The number of carbonyl (C=O) groups is 1. The van der Waals surface area contributed by atoms with E-state index in [0.717, 1.165) is 21.8 Å². The molecule has 0 bridgehead atoms. The van der Waals surface area contributed by atoms with Crippen LogP contribution in [0.2, 0.25) is 0 Å². The van der Waals surface area contributed by atoms with E-state index < -0.39 is 0 Å². The van der Waals surface area contributed by atoms with Crippen LogP contribution >= 0.6 is 11.8 Å². The van der Waals surface area contributed by atoms with Gasteiger partial charge >= 0.3 is 0 Å². The molecule has 102 valence electrons. The maximum Gasteiger partial charge on any atom is 0.173 e. The van der Waals surface area contributed by atoms with Crippen molar-refractivity contribution in [3.8, 4) is 0 Å². The molecule has 1 N–H and O–H groups in total. The quantitative estimate of drug-likeness (QED) is 0.553. The first-order valence-electron chi connectivity index (χ1n) is 5.99. The highest BCUT2D eigenvalue weighted by atomic mass is 79.9. The zero-order chi connectivity index (χ0) is 13.1. The van der Waals surface area contributed by atoms with Crippen LogP contribution in [0.4, 0.5) is 0 Å². The molecular formula is C15H12BrN2OS-. The zero-order valence-electron chi connectivity index (χ0n) is 10.5. The Morgan fingerprint density at radius 1 is 1.05 bits per heavy atom. The summed E-state index contributed by atoms with van der Waals surface area (Å²) in [6, 6.07) is 17.2. The largest absolute Gasteiger partial charge is 1.00 e. The number of imidazole rings is 1. The average molecular weight is 348 g/mol. The van der Waals surface area contributed by atoms with Crippen LogP contribution in [0.3, 0.4) is 0 Å². The number of halogens is 1. The van der Waals surface area contributed by atoms with Gasteiger partial charge in [0.05, 0.1) is 16.8 Å². The second-order valence-corrected chi connectivity index (χ2v) is 5.10. The first-order valence-corrected chi connectivity index (χ1v) is 6.97. The summed E-state index contributed by atoms with van der Waals surface area (Å²) in [5, 5.41) is 0.783. The molecule has 5 heteroatoms. The van der Waals surface area contributed by atoms with Crippen LogP contribution in [-0.4, -0.2) is 21.5 Å². The molecule has 0 unspecified atom stereocenters. The summed E-state index contributed by atoms with van der Waals surface area (Å²) < 4.78 is 0. The van der Waals surface area contributed by atoms with Gasteiger partial charge < -0.3 is 22.0 Å². The second-order valence-electron chi connectivity index (χ2n) is 4.14. The van der Waals surface area contributed by atoms with Crippen molar-refractivity contribution in [3.05, 3.63) is 60.2 Å². The second kappa shape index (κ2) is 6.72. The summed E-state index contributed by atoms with van der Waals surface area (Å²) in [4.78, 5) is 19.6. The van der Waals surface area contributed by atoms with E-state index in [0.29, 0.717) is 5.75 Å². The number of ketones is 1. The first kappa shape index (κ1) is 14.8. The predicted molar refractivity (Wildman–Crippen MR) is 77.6 cm³/mol. The molecule has 0 fully saturated rings. The number of nitrogens with one attached hydrogen (secondary N) is 1. The van der Waals surface area contributed by atoms with Gasteiger partial charge in [-0.15, -0.1) is 0 Å². The Balaban J connectivity index is 0.00000147. The summed E-state index contributed by atoms with van der Waals surface area (Å²) in [5.41, 5.74) is 2.67. The van der Waals surface area contributed by atoms with Gasteiger partial charge in [0, 0.05) is 5.56 Å². The molecule has 0 atom stereocenters. The molecule has 0 aliphatic heterocycles. The van der Waals surface area contributed by atoms with Crippen LogP contribution < -0.4 is 17.0 Å². The fourth-order valence-electron chi connectivity index (χ4n) is 1.84. The van der Waals surface area contributed by atoms with Crippen molar-refractivity contribution >= 4 is 28.6 Å². The normalized spacial score (nSPS) is 10.2. The molecule has 0 aliphatic carbocycles. The highest BCUT2D eigenvalue weighted by Crippen LogP contribution is 2.20. The van der Waals surface area contributed by atoms with E-state index in [2.05, 4.69) is 9.97 Å². The highest BCUT2D eigenvalue weighted by Gasteiger charge is 2.08. The molecule has 3 aromatic rings. The molecular weight excluding hydrogens is 336 g/mol. The van der Waals surface area contributed by atoms with Crippen molar-refractivity contribution in [1.82, 2.24) is 9.97 Å². The maximum absolute atomic E-state index is 12.0. The molecule has 0 spiro atoms.